The third-order valence-corrected chi connectivity index (χ3v) is 7.30. The molecule has 2 saturated carbocycles. The first-order valence-electron chi connectivity index (χ1n) is 10.8. The van der Waals surface area contributed by atoms with Gasteiger partial charge in [-0.3, -0.25) is 19.5 Å². The normalized spacial score (nSPS) is 31.7. The zero-order chi connectivity index (χ0) is 21.8. The van der Waals surface area contributed by atoms with Gasteiger partial charge in [0.2, 0.25) is 11.8 Å². The maximum Gasteiger partial charge on any atom is 0.233 e. The molecule has 6 atom stereocenters. The Balaban J connectivity index is 1.30. The lowest BCUT2D eigenvalue weighted by Crippen LogP contribution is -2.41. The summed E-state index contributed by atoms with van der Waals surface area (Å²) in [6.07, 6.45) is 3.92. The van der Waals surface area contributed by atoms with Gasteiger partial charge in [-0.05, 0) is 36.1 Å². The summed E-state index contributed by atoms with van der Waals surface area (Å²) < 4.78 is 5.60. The second-order valence-corrected chi connectivity index (χ2v) is 8.75. The van der Waals surface area contributed by atoms with Gasteiger partial charge in [0, 0.05) is 29.8 Å². The summed E-state index contributed by atoms with van der Waals surface area (Å²) >= 11 is 0. The number of ether oxygens (including phenoxy) is 1. The molecule has 0 radical (unpaired) electrons. The Labute approximate surface area is 184 Å². The molecule has 2 aliphatic carbocycles. The molecule has 3 fully saturated rings. The van der Waals surface area contributed by atoms with E-state index in [4.69, 9.17) is 14.8 Å². The number of aromatic nitrogens is 1. The maximum absolute atomic E-state index is 13.4. The van der Waals surface area contributed by atoms with Crippen LogP contribution in [0.25, 0.3) is 0 Å². The highest BCUT2D eigenvalue weighted by Crippen LogP contribution is 2.62. The molecule has 8 heteroatoms. The monoisotopic (exact) mass is 428 g/mol. The molecule has 4 aliphatic rings. The van der Waals surface area contributed by atoms with Crippen LogP contribution in [0.15, 0.2) is 53.9 Å². The summed E-state index contributed by atoms with van der Waals surface area (Å²) in [5, 5.41) is 13.3. The predicted molar refractivity (Wildman–Crippen MR) is 111 cm³/mol. The number of carbonyl (C=O) groups excluding carboxylic acids is 2. The Hall–Kier alpha value is -3.73. The number of hydrogen-bond donors (Lipinski definition) is 0. The Morgan fingerprint density at radius 2 is 1.91 bits per heavy atom. The number of oxime groups is 1. The molecule has 0 N–H and O–H groups in total. The van der Waals surface area contributed by atoms with E-state index in [1.54, 1.807) is 24.5 Å². The Kier molecular flexibility index (Phi) is 4.25. The fraction of sp³-hybridized carbons (Fsp3) is 0.375. The molecular formula is C24H20N4O4. The van der Waals surface area contributed by atoms with Crippen LogP contribution in [-0.4, -0.2) is 40.1 Å². The van der Waals surface area contributed by atoms with Crippen molar-refractivity contribution in [2.24, 2.45) is 34.7 Å². The second-order valence-electron chi connectivity index (χ2n) is 8.75. The number of hydrogen-bond acceptors (Lipinski definition) is 7. The molecule has 2 bridgehead atoms. The highest BCUT2D eigenvalue weighted by molar-refractivity contribution is 6.09. The molecular weight excluding hydrogens is 408 g/mol. The van der Waals surface area contributed by atoms with Crippen molar-refractivity contribution < 1.29 is 19.2 Å². The third kappa shape index (κ3) is 2.60. The number of carbonyl (C=O) groups is 2. The molecule has 1 saturated heterocycles. The zero-order valence-electron chi connectivity index (χ0n) is 17.1. The minimum Gasteiger partial charge on any atom is -0.478 e. The Morgan fingerprint density at radius 1 is 1.09 bits per heavy atom. The summed E-state index contributed by atoms with van der Waals surface area (Å²) in [7, 11) is 0. The number of benzene rings is 1. The van der Waals surface area contributed by atoms with Gasteiger partial charge < -0.3 is 9.57 Å². The molecule has 2 aliphatic heterocycles. The van der Waals surface area contributed by atoms with Crippen LogP contribution < -0.4 is 4.74 Å². The summed E-state index contributed by atoms with van der Waals surface area (Å²) in [4.78, 5) is 38.0. The first-order chi connectivity index (χ1) is 15.7. The Morgan fingerprint density at radius 3 is 2.69 bits per heavy atom. The molecule has 8 nitrogen and oxygen atoms in total. The zero-order valence-corrected chi connectivity index (χ0v) is 17.1. The van der Waals surface area contributed by atoms with E-state index in [0.29, 0.717) is 5.75 Å². The van der Waals surface area contributed by atoms with E-state index in [1.807, 2.05) is 30.3 Å². The molecule has 160 valence electrons. The SMILES string of the molecule is N#CCOc1ccccc1C1=NO[C@@H]2[C@H]3C[C@H]([C@H]4C(=O)N(Cc5cccnc5)C(=O)[C@@H]34)[C@H]12. The largest absolute Gasteiger partial charge is 0.478 e. The quantitative estimate of drug-likeness (QED) is 0.676. The van der Waals surface area contributed by atoms with Crippen LogP contribution in [0.1, 0.15) is 17.5 Å². The highest BCUT2D eigenvalue weighted by atomic mass is 16.6. The van der Waals surface area contributed by atoms with Crippen LogP contribution in [0.2, 0.25) is 0 Å². The molecule has 1 aromatic heterocycles. The van der Waals surface area contributed by atoms with E-state index in [1.165, 1.54) is 4.90 Å². The molecule has 1 aromatic carbocycles. The van der Waals surface area contributed by atoms with Gasteiger partial charge in [-0.2, -0.15) is 5.26 Å². The molecule has 3 heterocycles. The molecule has 6 rings (SSSR count). The van der Waals surface area contributed by atoms with Crippen molar-refractivity contribution >= 4 is 17.5 Å². The van der Waals surface area contributed by atoms with E-state index >= 15 is 0 Å². The number of likely N-dealkylation sites (tertiary alicyclic amines) is 1. The fourth-order valence-electron chi connectivity index (χ4n) is 6.15. The van der Waals surface area contributed by atoms with Crippen molar-refractivity contribution in [1.82, 2.24) is 9.88 Å². The van der Waals surface area contributed by atoms with Crippen LogP contribution >= 0.6 is 0 Å². The maximum atomic E-state index is 13.4. The van der Waals surface area contributed by atoms with Crippen molar-refractivity contribution in [3.8, 4) is 11.8 Å². The van der Waals surface area contributed by atoms with E-state index in [-0.39, 0.29) is 60.7 Å². The van der Waals surface area contributed by atoms with Crippen LogP contribution in [0, 0.1) is 40.9 Å². The lowest BCUT2D eigenvalue weighted by atomic mass is 9.71. The van der Waals surface area contributed by atoms with Gasteiger partial charge in [0.05, 0.1) is 24.1 Å². The standard InChI is InChI=1S/C24H20N4O4/c25-7-9-31-17-6-2-1-5-14(17)21-20-15-10-16(22(20)32-27-21)19-18(15)23(29)28(24(19)30)12-13-4-3-8-26-11-13/h1-6,8,11,15-16,18-20,22H,9-10,12H2/t15-,16+,18-,19+,20-,22-/m1/s1. The average Bonchev–Trinajstić information content (AvgIpc) is 3.56. The Bertz CT molecular complexity index is 1170. The minimum atomic E-state index is -0.343. The number of imide groups is 1. The predicted octanol–water partition coefficient (Wildman–Crippen LogP) is 2.15. The number of rotatable bonds is 5. The van der Waals surface area contributed by atoms with Crippen LogP contribution in [0.5, 0.6) is 5.75 Å². The number of pyridine rings is 1. The highest BCUT2D eigenvalue weighted by Gasteiger charge is 2.70. The van der Waals surface area contributed by atoms with Gasteiger partial charge in [-0.15, -0.1) is 0 Å². The summed E-state index contributed by atoms with van der Waals surface area (Å²) in [5.41, 5.74) is 2.37. The minimum absolute atomic E-state index is 0.00405. The lowest BCUT2D eigenvalue weighted by Gasteiger charge is -2.30. The summed E-state index contributed by atoms with van der Waals surface area (Å²) in [6, 6.07) is 13.1. The van der Waals surface area contributed by atoms with Crippen LogP contribution in [0.4, 0.5) is 0 Å². The molecule has 32 heavy (non-hydrogen) atoms. The van der Waals surface area contributed by atoms with Gasteiger partial charge in [0.25, 0.3) is 0 Å². The molecule has 0 spiro atoms. The summed E-state index contributed by atoms with van der Waals surface area (Å²) in [6.45, 7) is 0.187. The number of nitriles is 1. The molecule has 0 unspecified atom stereocenters. The van der Waals surface area contributed by atoms with Gasteiger partial charge in [-0.1, -0.05) is 23.4 Å². The fourth-order valence-corrected chi connectivity index (χ4v) is 6.15. The number of fused-ring (bicyclic) bond motifs is 8. The van der Waals surface area contributed by atoms with E-state index in [9.17, 15) is 9.59 Å². The number of para-hydroxylation sites is 1. The van der Waals surface area contributed by atoms with Gasteiger partial charge in [0.1, 0.15) is 17.9 Å². The van der Waals surface area contributed by atoms with Crippen molar-refractivity contribution in [1.29, 1.82) is 5.26 Å². The third-order valence-electron chi connectivity index (χ3n) is 7.30. The van der Waals surface area contributed by atoms with Crippen LogP contribution in [-0.2, 0) is 21.0 Å². The van der Waals surface area contributed by atoms with Crippen molar-refractivity contribution in [3.05, 3.63) is 59.9 Å². The molecule has 2 amide bonds. The first kappa shape index (κ1) is 19.0. The molecule has 2 aromatic rings. The van der Waals surface area contributed by atoms with Crippen LogP contribution in [0.3, 0.4) is 0 Å². The second kappa shape index (κ2) is 7.16. The van der Waals surface area contributed by atoms with Crippen molar-refractivity contribution in [3.63, 3.8) is 0 Å². The van der Waals surface area contributed by atoms with Gasteiger partial charge in [-0.25, -0.2) is 0 Å². The van der Waals surface area contributed by atoms with Crippen molar-refractivity contribution in [2.45, 2.75) is 19.1 Å². The van der Waals surface area contributed by atoms with E-state index in [2.05, 4.69) is 10.1 Å². The first-order valence-corrected chi connectivity index (χ1v) is 10.8. The van der Waals surface area contributed by atoms with Gasteiger partial charge >= 0.3 is 0 Å². The summed E-state index contributed by atoms with van der Waals surface area (Å²) in [5.74, 6) is -0.421. The topological polar surface area (TPSA) is 105 Å². The van der Waals surface area contributed by atoms with E-state index < -0.39 is 0 Å². The van der Waals surface area contributed by atoms with E-state index in [0.717, 1.165) is 23.3 Å². The average molecular weight is 428 g/mol. The van der Waals surface area contributed by atoms with Gasteiger partial charge in [0.15, 0.2) is 6.61 Å². The smallest absolute Gasteiger partial charge is 0.233 e. The van der Waals surface area contributed by atoms with Crippen molar-refractivity contribution in [2.75, 3.05) is 6.61 Å². The number of amides is 2. The lowest BCUT2D eigenvalue weighted by molar-refractivity contribution is -0.141. The number of nitrogens with zero attached hydrogens (tertiary/aromatic N) is 4.